The number of carbonyl (C=O) groups is 2. The van der Waals surface area contributed by atoms with Crippen LogP contribution in [0.2, 0.25) is 0 Å². The number of hydrogen-bond donors (Lipinski definition) is 2. The summed E-state index contributed by atoms with van der Waals surface area (Å²) in [6, 6.07) is 2.39. The fourth-order valence-electron chi connectivity index (χ4n) is 3.03. The van der Waals surface area contributed by atoms with Crippen molar-refractivity contribution < 1.29 is 33.6 Å². The topological polar surface area (TPSA) is 107 Å². The normalized spacial score (nSPS) is 15.4. The number of carboxylic acid groups (broad SMARTS) is 1. The molecule has 0 saturated carbocycles. The zero-order valence-electron chi connectivity index (χ0n) is 17.6. The Morgan fingerprint density at radius 2 is 1.79 bits per heavy atom. The summed E-state index contributed by atoms with van der Waals surface area (Å²) in [6.07, 6.45) is -0.780. The zero-order valence-corrected chi connectivity index (χ0v) is 17.6. The second kappa shape index (κ2) is 9.69. The van der Waals surface area contributed by atoms with E-state index in [2.05, 4.69) is 10.2 Å². The Morgan fingerprint density at radius 1 is 1.17 bits per heavy atom. The van der Waals surface area contributed by atoms with E-state index in [-0.39, 0.29) is 6.42 Å². The summed E-state index contributed by atoms with van der Waals surface area (Å²) < 4.78 is 21.6. The van der Waals surface area contributed by atoms with Crippen LogP contribution in [0.5, 0.6) is 11.5 Å². The molecule has 9 heteroatoms. The van der Waals surface area contributed by atoms with Gasteiger partial charge >= 0.3 is 12.1 Å². The van der Waals surface area contributed by atoms with Gasteiger partial charge in [0.25, 0.3) is 0 Å². The van der Waals surface area contributed by atoms with Gasteiger partial charge in [0.15, 0.2) is 0 Å². The fraction of sp³-hybridized carbons (Fsp3) is 0.600. The third-order valence-corrected chi connectivity index (χ3v) is 4.35. The van der Waals surface area contributed by atoms with Crippen molar-refractivity contribution in [3.8, 4) is 11.5 Å². The second-order valence-corrected chi connectivity index (χ2v) is 7.68. The van der Waals surface area contributed by atoms with E-state index in [9.17, 15) is 14.7 Å². The van der Waals surface area contributed by atoms with Gasteiger partial charge in [0.05, 0.1) is 33.1 Å². The van der Waals surface area contributed by atoms with Crippen LogP contribution in [-0.2, 0) is 20.7 Å². The predicted octanol–water partition coefficient (Wildman–Crippen LogP) is 2.06. The maximum Gasteiger partial charge on any atom is 0.408 e. The van der Waals surface area contributed by atoms with Crippen LogP contribution < -0.4 is 19.7 Å². The van der Waals surface area contributed by atoms with E-state index in [4.69, 9.17) is 18.9 Å². The first kappa shape index (κ1) is 22.6. The highest BCUT2D eigenvalue weighted by Gasteiger charge is 2.27. The van der Waals surface area contributed by atoms with Gasteiger partial charge in [-0.15, -0.1) is 0 Å². The number of anilines is 1. The van der Waals surface area contributed by atoms with Crippen LogP contribution in [0.4, 0.5) is 10.5 Å². The molecule has 1 amide bonds. The van der Waals surface area contributed by atoms with E-state index in [1.165, 1.54) is 7.11 Å². The lowest BCUT2D eigenvalue weighted by Crippen LogP contribution is -2.44. The maximum atomic E-state index is 12.0. The molecule has 1 saturated heterocycles. The van der Waals surface area contributed by atoms with Gasteiger partial charge in [0.2, 0.25) is 0 Å². The minimum absolute atomic E-state index is 0.0114. The summed E-state index contributed by atoms with van der Waals surface area (Å²) in [7, 11) is 3.08. The first-order chi connectivity index (χ1) is 13.6. The zero-order chi connectivity index (χ0) is 21.6. The van der Waals surface area contributed by atoms with Gasteiger partial charge < -0.3 is 34.3 Å². The number of hydrogen-bond acceptors (Lipinski definition) is 7. The van der Waals surface area contributed by atoms with Gasteiger partial charge in [-0.05, 0) is 26.8 Å². The van der Waals surface area contributed by atoms with Gasteiger partial charge in [0.1, 0.15) is 23.1 Å². The molecule has 9 nitrogen and oxygen atoms in total. The Bertz CT molecular complexity index is 724. The van der Waals surface area contributed by atoms with E-state index in [0.717, 1.165) is 18.8 Å². The van der Waals surface area contributed by atoms with E-state index in [1.807, 2.05) is 6.07 Å². The van der Waals surface area contributed by atoms with Crippen molar-refractivity contribution >= 4 is 17.7 Å². The number of morpholine rings is 1. The molecule has 29 heavy (non-hydrogen) atoms. The largest absolute Gasteiger partial charge is 0.496 e. The van der Waals surface area contributed by atoms with E-state index < -0.39 is 23.7 Å². The molecule has 0 spiro atoms. The number of carboxylic acids is 1. The molecule has 0 aliphatic carbocycles. The fourth-order valence-corrected chi connectivity index (χ4v) is 3.03. The van der Waals surface area contributed by atoms with Crippen molar-refractivity contribution in [3.05, 3.63) is 17.7 Å². The van der Waals surface area contributed by atoms with Gasteiger partial charge in [-0.2, -0.15) is 0 Å². The van der Waals surface area contributed by atoms with Crippen LogP contribution in [-0.4, -0.2) is 69.3 Å². The highest BCUT2D eigenvalue weighted by Crippen LogP contribution is 2.36. The van der Waals surface area contributed by atoms with E-state index in [0.29, 0.717) is 30.3 Å². The SMILES string of the molecule is COc1cc(N2CCOCC2)c(OC)cc1CC(NC(=O)OC(C)(C)C)C(=O)O. The maximum absolute atomic E-state index is 12.0. The first-order valence-electron chi connectivity index (χ1n) is 9.44. The molecule has 0 radical (unpaired) electrons. The van der Waals surface area contributed by atoms with Crippen LogP contribution in [0.3, 0.4) is 0 Å². The number of aliphatic carboxylic acids is 1. The summed E-state index contributed by atoms with van der Waals surface area (Å²) in [5.74, 6) is -0.0530. The molecule has 1 aromatic carbocycles. The predicted molar refractivity (Wildman–Crippen MR) is 107 cm³/mol. The molecule has 0 bridgehead atoms. The molecule has 2 N–H and O–H groups in total. The van der Waals surface area contributed by atoms with Crippen molar-refractivity contribution in [2.75, 3.05) is 45.4 Å². The molecule has 0 aromatic heterocycles. The lowest BCUT2D eigenvalue weighted by atomic mass is 10.0. The van der Waals surface area contributed by atoms with Crippen LogP contribution in [0.15, 0.2) is 12.1 Å². The molecule has 1 aliphatic rings. The van der Waals surface area contributed by atoms with Crippen molar-refractivity contribution in [2.24, 2.45) is 0 Å². The van der Waals surface area contributed by atoms with Crippen molar-refractivity contribution in [1.29, 1.82) is 0 Å². The number of carbonyl (C=O) groups excluding carboxylic acids is 1. The minimum Gasteiger partial charge on any atom is -0.496 e. The smallest absolute Gasteiger partial charge is 0.408 e. The summed E-state index contributed by atoms with van der Waals surface area (Å²) in [5, 5.41) is 12.0. The second-order valence-electron chi connectivity index (χ2n) is 7.68. The number of benzene rings is 1. The first-order valence-corrected chi connectivity index (χ1v) is 9.44. The molecular formula is C20H30N2O7. The molecule has 1 aliphatic heterocycles. The van der Waals surface area contributed by atoms with Crippen LogP contribution in [0.25, 0.3) is 0 Å². The number of amides is 1. The van der Waals surface area contributed by atoms with Crippen LogP contribution in [0, 0.1) is 0 Å². The number of rotatable bonds is 7. The Balaban J connectivity index is 2.26. The molecule has 1 unspecified atom stereocenters. The summed E-state index contributed by atoms with van der Waals surface area (Å²) in [6.45, 7) is 7.80. The third-order valence-electron chi connectivity index (χ3n) is 4.35. The number of methoxy groups -OCH3 is 2. The van der Waals surface area contributed by atoms with E-state index in [1.54, 1.807) is 33.9 Å². The molecule has 1 fully saturated rings. The average molecular weight is 410 g/mol. The standard InChI is InChI=1S/C20H30N2O7/c1-20(2,3)29-19(25)21-14(18(23)24)10-13-11-17(27-5)15(12-16(13)26-4)22-6-8-28-9-7-22/h11-12,14H,6-10H2,1-5H3,(H,21,25)(H,23,24). The van der Waals surface area contributed by atoms with Gasteiger partial charge in [-0.25, -0.2) is 9.59 Å². The minimum atomic E-state index is -1.18. The number of nitrogens with zero attached hydrogens (tertiary/aromatic N) is 1. The molecule has 162 valence electrons. The monoisotopic (exact) mass is 410 g/mol. The Kier molecular flexibility index (Phi) is 7.55. The number of ether oxygens (including phenoxy) is 4. The quantitative estimate of drug-likeness (QED) is 0.704. The van der Waals surface area contributed by atoms with Crippen LogP contribution in [0.1, 0.15) is 26.3 Å². The van der Waals surface area contributed by atoms with Gasteiger partial charge in [0, 0.05) is 31.1 Å². The lowest BCUT2D eigenvalue weighted by molar-refractivity contribution is -0.139. The molecule has 1 heterocycles. The summed E-state index contributed by atoms with van der Waals surface area (Å²) >= 11 is 0. The van der Waals surface area contributed by atoms with Crippen molar-refractivity contribution in [3.63, 3.8) is 0 Å². The number of alkyl carbamates (subject to hydrolysis) is 1. The highest BCUT2D eigenvalue weighted by molar-refractivity contribution is 5.80. The van der Waals surface area contributed by atoms with Gasteiger partial charge in [-0.3, -0.25) is 0 Å². The average Bonchev–Trinajstić information content (AvgIpc) is 2.66. The molecular weight excluding hydrogens is 380 g/mol. The Labute approximate surface area is 170 Å². The van der Waals surface area contributed by atoms with Crippen LogP contribution >= 0.6 is 0 Å². The number of nitrogens with one attached hydrogen (secondary N) is 1. The van der Waals surface area contributed by atoms with Crippen molar-refractivity contribution in [1.82, 2.24) is 5.32 Å². The highest BCUT2D eigenvalue weighted by atomic mass is 16.6. The summed E-state index contributed by atoms with van der Waals surface area (Å²) in [4.78, 5) is 25.9. The van der Waals surface area contributed by atoms with E-state index >= 15 is 0 Å². The third kappa shape index (κ3) is 6.42. The molecule has 1 atom stereocenters. The summed E-state index contributed by atoms with van der Waals surface area (Å²) in [5.41, 5.74) is 0.724. The van der Waals surface area contributed by atoms with Crippen molar-refractivity contribution in [2.45, 2.75) is 38.8 Å². The molecule has 2 rings (SSSR count). The Morgan fingerprint density at radius 3 is 2.31 bits per heavy atom. The molecule has 1 aromatic rings. The Hall–Kier alpha value is -2.68. The van der Waals surface area contributed by atoms with Gasteiger partial charge in [-0.1, -0.05) is 0 Å². The lowest BCUT2D eigenvalue weighted by Gasteiger charge is -2.31.